The lowest BCUT2D eigenvalue weighted by Gasteiger charge is -2.26. The number of nitrogens with zero attached hydrogens (tertiary/aromatic N) is 2. The lowest BCUT2D eigenvalue weighted by atomic mass is 9.99. The van der Waals surface area contributed by atoms with Gasteiger partial charge in [-0.15, -0.1) is 0 Å². The second-order valence-electron chi connectivity index (χ2n) is 8.42. The van der Waals surface area contributed by atoms with Crippen molar-refractivity contribution in [3.05, 3.63) is 63.6 Å². The number of anilines is 1. The number of nitrogens with one attached hydrogen (secondary N) is 1. The number of fused-ring (bicyclic) bond motifs is 1. The molecule has 2 aromatic rings. The van der Waals surface area contributed by atoms with Crippen LogP contribution in [0, 0.1) is 0 Å². The van der Waals surface area contributed by atoms with Crippen LogP contribution in [-0.2, 0) is 33.7 Å². The Hall–Kier alpha value is -2.22. The van der Waals surface area contributed by atoms with Gasteiger partial charge in [-0.25, -0.2) is 0 Å². The van der Waals surface area contributed by atoms with Gasteiger partial charge in [0.25, 0.3) is 0 Å². The highest BCUT2D eigenvalue weighted by atomic mass is 79.9. The van der Waals surface area contributed by atoms with Crippen LogP contribution in [0.3, 0.4) is 0 Å². The van der Waals surface area contributed by atoms with Crippen LogP contribution < -0.4 is 5.32 Å². The molecule has 7 heteroatoms. The zero-order valence-corrected chi connectivity index (χ0v) is 19.5. The van der Waals surface area contributed by atoms with Crippen LogP contribution in [0.5, 0.6) is 0 Å². The van der Waals surface area contributed by atoms with Gasteiger partial charge in [0.2, 0.25) is 11.8 Å². The molecule has 2 atom stereocenters. The maximum atomic E-state index is 13.1. The van der Waals surface area contributed by atoms with Crippen LogP contribution in [0.25, 0.3) is 0 Å². The summed E-state index contributed by atoms with van der Waals surface area (Å²) in [5, 5.41) is 3.04. The summed E-state index contributed by atoms with van der Waals surface area (Å²) in [6.45, 7) is 2.38. The molecular formula is C24H28BrN3O3. The third-order valence-electron chi connectivity index (χ3n) is 6.16. The number of hydrogen-bond donors (Lipinski definition) is 1. The molecule has 0 aliphatic carbocycles. The lowest BCUT2D eigenvalue weighted by Crippen LogP contribution is -2.44. The van der Waals surface area contributed by atoms with Crippen LogP contribution in [0.2, 0.25) is 0 Å². The molecule has 0 bridgehead atoms. The van der Waals surface area contributed by atoms with Crippen molar-refractivity contribution >= 4 is 33.4 Å². The molecule has 1 saturated heterocycles. The van der Waals surface area contributed by atoms with Gasteiger partial charge in [0, 0.05) is 43.3 Å². The van der Waals surface area contributed by atoms with Crippen LogP contribution in [0.15, 0.2) is 46.9 Å². The zero-order chi connectivity index (χ0) is 22.0. The van der Waals surface area contributed by atoms with Crippen LogP contribution in [0.4, 0.5) is 5.69 Å². The minimum Gasteiger partial charge on any atom is -0.380 e. The van der Waals surface area contributed by atoms with E-state index < -0.39 is 6.04 Å². The topological polar surface area (TPSA) is 61.9 Å². The van der Waals surface area contributed by atoms with Gasteiger partial charge in [-0.1, -0.05) is 34.1 Å². The summed E-state index contributed by atoms with van der Waals surface area (Å²) in [6.07, 6.45) is 1.61. The van der Waals surface area contributed by atoms with Gasteiger partial charge >= 0.3 is 0 Å². The highest BCUT2D eigenvalue weighted by Gasteiger charge is 2.39. The molecule has 0 spiro atoms. The Morgan fingerprint density at radius 3 is 2.68 bits per heavy atom. The molecule has 164 valence electrons. The number of amides is 2. The Kier molecular flexibility index (Phi) is 6.74. The predicted octanol–water partition coefficient (Wildman–Crippen LogP) is 3.23. The first-order valence-electron chi connectivity index (χ1n) is 10.6. The van der Waals surface area contributed by atoms with Crippen molar-refractivity contribution in [3.8, 4) is 0 Å². The summed E-state index contributed by atoms with van der Waals surface area (Å²) in [6, 6.07) is 13.3. The van der Waals surface area contributed by atoms with Crippen LogP contribution in [-0.4, -0.2) is 61.0 Å². The molecule has 2 aromatic carbocycles. The molecule has 6 nitrogen and oxygen atoms in total. The largest absolute Gasteiger partial charge is 0.380 e. The molecule has 4 rings (SSSR count). The van der Waals surface area contributed by atoms with E-state index in [1.807, 2.05) is 30.3 Å². The number of hydrogen-bond acceptors (Lipinski definition) is 4. The Labute approximate surface area is 191 Å². The molecule has 0 saturated carbocycles. The monoisotopic (exact) mass is 485 g/mol. The first kappa shape index (κ1) is 22.0. The molecule has 1 unspecified atom stereocenters. The van der Waals surface area contributed by atoms with E-state index in [2.05, 4.69) is 45.3 Å². The van der Waals surface area contributed by atoms with Gasteiger partial charge in [0.1, 0.15) is 6.04 Å². The number of likely N-dealkylation sites (tertiary alicyclic amines) is 1. The van der Waals surface area contributed by atoms with E-state index in [9.17, 15) is 9.59 Å². The fraction of sp³-hybridized carbons (Fsp3) is 0.417. The van der Waals surface area contributed by atoms with Gasteiger partial charge in [-0.3, -0.25) is 9.59 Å². The minimum atomic E-state index is -0.532. The van der Waals surface area contributed by atoms with Crippen molar-refractivity contribution < 1.29 is 14.3 Å². The fourth-order valence-corrected chi connectivity index (χ4v) is 4.63. The molecule has 2 aliphatic rings. The molecule has 0 aromatic heterocycles. The van der Waals surface area contributed by atoms with Crippen LogP contribution in [0.1, 0.15) is 23.1 Å². The lowest BCUT2D eigenvalue weighted by molar-refractivity contribution is -0.136. The maximum absolute atomic E-state index is 13.1. The molecule has 2 amide bonds. The van der Waals surface area contributed by atoms with E-state index in [0.29, 0.717) is 13.0 Å². The zero-order valence-electron chi connectivity index (χ0n) is 17.9. The number of carbonyl (C=O) groups is 2. The summed E-state index contributed by atoms with van der Waals surface area (Å²) in [5.74, 6) is -0.216. The first-order valence-corrected chi connectivity index (χ1v) is 11.4. The second kappa shape index (κ2) is 9.51. The van der Waals surface area contributed by atoms with E-state index in [-0.39, 0.29) is 24.3 Å². The number of ether oxygens (including phenoxy) is 1. The van der Waals surface area contributed by atoms with E-state index in [1.165, 1.54) is 11.1 Å². The molecule has 1 fully saturated rings. The van der Waals surface area contributed by atoms with E-state index >= 15 is 0 Å². The molecule has 2 aliphatic heterocycles. The number of likely N-dealkylation sites (N-methyl/N-ethyl adjacent to an activating group) is 1. The van der Waals surface area contributed by atoms with Gasteiger partial charge in [-0.05, 0) is 54.4 Å². The van der Waals surface area contributed by atoms with Crippen molar-refractivity contribution in [1.82, 2.24) is 9.80 Å². The Balaban J connectivity index is 1.46. The quantitative estimate of drug-likeness (QED) is 0.705. The van der Waals surface area contributed by atoms with Crippen molar-refractivity contribution in [3.63, 3.8) is 0 Å². The standard InChI is InChI=1S/C24H28BrN3O3/c1-27-10-9-17-12-20(8-5-18(17)14-27)26-24(30)22-13-21(31-2)15-28(22)23(29)11-16-3-6-19(25)7-4-16/h3-8,12,21-22H,9-11,13-15H2,1-2H3,(H,26,30)/t21-,22?/m1/s1. The smallest absolute Gasteiger partial charge is 0.247 e. The second-order valence-corrected chi connectivity index (χ2v) is 9.33. The maximum Gasteiger partial charge on any atom is 0.247 e. The first-order chi connectivity index (χ1) is 14.9. The summed E-state index contributed by atoms with van der Waals surface area (Å²) < 4.78 is 6.46. The van der Waals surface area contributed by atoms with E-state index in [1.54, 1.807) is 12.0 Å². The average Bonchev–Trinajstić information content (AvgIpc) is 3.20. The highest BCUT2D eigenvalue weighted by molar-refractivity contribution is 9.10. The summed E-state index contributed by atoms with van der Waals surface area (Å²) in [4.78, 5) is 30.1. The minimum absolute atomic E-state index is 0.0597. The van der Waals surface area contributed by atoms with Gasteiger partial charge in [-0.2, -0.15) is 0 Å². The third kappa shape index (κ3) is 5.17. The van der Waals surface area contributed by atoms with Gasteiger partial charge in [0.05, 0.1) is 12.5 Å². The fourth-order valence-electron chi connectivity index (χ4n) is 4.37. The van der Waals surface area contributed by atoms with Crippen LogP contribution >= 0.6 is 15.9 Å². The normalized spacial score (nSPS) is 21.1. The number of benzene rings is 2. The molecule has 2 heterocycles. The molecule has 31 heavy (non-hydrogen) atoms. The van der Waals surface area contributed by atoms with Crippen molar-refractivity contribution in [2.75, 3.05) is 32.6 Å². The van der Waals surface area contributed by atoms with Crippen molar-refractivity contribution in [1.29, 1.82) is 0 Å². The van der Waals surface area contributed by atoms with Gasteiger partial charge < -0.3 is 19.9 Å². The summed E-state index contributed by atoms with van der Waals surface area (Å²) >= 11 is 3.41. The Morgan fingerprint density at radius 2 is 1.94 bits per heavy atom. The average molecular weight is 486 g/mol. The van der Waals surface area contributed by atoms with E-state index in [4.69, 9.17) is 4.74 Å². The number of carbonyl (C=O) groups excluding carboxylic acids is 2. The van der Waals surface area contributed by atoms with E-state index in [0.717, 1.165) is 35.2 Å². The van der Waals surface area contributed by atoms with Crippen molar-refractivity contribution in [2.24, 2.45) is 0 Å². The predicted molar refractivity (Wildman–Crippen MR) is 124 cm³/mol. The Morgan fingerprint density at radius 1 is 1.16 bits per heavy atom. The molecular weight excluding hydrogens is 458 g/mol. The SMILES string of the molecule is CO[C@@H]1CC(C(=O)Nc2ccc3c(c2)CCN(C)C3)N(C(=O)Cc2ccc(Br)cc2)C1. The number of halogens is 1. The number of methoxy groups -OCH3 is 1. The molecule has 1 N–H and O–H groups in total. The summed E-state index contributed by atoms with van der Waals surface area (Å²) in [5.41, 5.74) is 4.29. The molecule has 0 radical (unpaired) electrons. The highest BCUT2D eigenvalue weighted by Crippen LogP contribution is 2.25. The van der Waals surface area contributed by atoms with Gasteiger partial charge in [0.15, 0.2) is 0 Å². The van der Waals surface area contributed by atoms with Crippen molar-refractivity contribution in [2.45, 2.75) is 38.0 Å². The summed E-state index contributed by atoms with van der Waals surface area (Å²) in [7, 11) is 3.74. The Bertz CT molecular complexity index is 963. The number of rotatable bonds is 5. The third-order valence-corrected chi connectivity index (χ3v) is 6.69.